The van der Waals surface area contributed by atoms with Crippen LogP contribution in [0.5, 0.6) is 0 Å². The van der Waals surface area contributed by atoms with Crippen LogP contribution in [0.2, 0.25) is 5.28 Å². The van der Waals surface area contributed by atoms with Crippen molar-refractivity contribution in [3.63, 3.8) is 0 Å². The number of nitrogens with two attached hydrogens (primary N) is 1. The van der Waals surface area contributed by atoms with Gasteiger partial charge in [-0.2, -0.15) is 4.98 Å². The van der Waals surface area contributed by atoms with Gasteiger partial charge in [-0.15, -0.1) is 0 Å². The lowest BCUT2D eigenvalue weighted by Gasteiger charge is -2.24. The van der Waals surface area contributed by atoms with Crippen LogP contribution in [0.15, 0.2) is 6.20 Å². The van der Waals surface area contributed by atoms with Crippen molar-refractivity contribution < 1.29 is 4.79 Å². The summed E-state index contributed by atoms with van der Waals surface area (Å²) in [5, 5.41) is 6.05. The number of carbonyl (C=O) groups excluding carboxylic acids is 1. The van der Waals surface area contributed by atoms with Crippen LogP contribution < -0.4 is 16.4 Å². The van der Waals surface area contributed by atoms with Gasteiger partial charge in [0.25, 0.3) is 0 Å². The van der Waals surface area contributed by atoms with Crippen LogP contribution in [-0.4, -0.2) is 28.5 Å². The molecule has 1 aliphatic heterocycles. The number of aromatic nitrogens is 2. The van der Waals surface area contributed by atoms with E-state index in [0.29, 0.717) is 24.5 Å². The summed E-state index contributed by atoms with van der Waals surface area (Å²) in [5.74, 6) is 0.591. The van der Waals surface area contributed by atoms with E-state index in [-0.39, 0.29) is 17.2 Å². The summed E-state index contributed by atoms with van der Waals surface area (Å²) in [7, 11) is 0. The van der Waals surface area contributed by atoms with Crippen molar-refractivity contribution in [2.45, 2.75) is 18.9 Å². The highest BCUT2D eigenvalue weighted by molar-refractivity contribution is 6.28. The largest absolute Gasteiger partial charge is 0.394 e. The molecule has 1 aromatic rings. The summed E-state index contributed by atoms with van der Waals surface area (Å²) < 4.78 is 0. The molecule has 1 fully saturated rings. The van der Waals surface area contributed by atoms with Crippen molar-refractivity contribution >= 4 is 29.0 Å². The zero-order valence-corrected chi connectivity index (χ0v) is 9.29. The minimum atomic E-state index is 0.0757. The Kier molecular flexibility index (Phi) is 3.09. The molecule has 1 aliphatic rings. The maximum absolute atomic E-state index is 11.0. The zero-order valence-electron chi connectivity index (χ0n) is 8.53. The van der Waals surface area contributed by atoms with Crippen LogP contribution in [0.4, 0.5) is 11.5 Å². The van der Waals surface area contributed by atoms with E-state index in [0.717, 1.165) is 6.42 Å². The van der Waals surface area contributed by atoms with E-state index in [2.05, 4.69) is 20.6 Å². The summed E-state index contributed by atoms with van der Waals surface area (Å²) in [6, 6.07) is 0.131. The van der Waals surface area contributed by atoms with Gasteiger partial charge in [-0.3, -0.25) is 4.79 Å². The van der Waals surface area contributed by atoms with Crippen molar-refractivity contribution in [3.8, 4) is 0 Å². The lowest BCUT2D eigenvalue weighted by molar-refractivity contribution is -0.122. The van der Waals surface area contributed by atoms with Crippen molar-refractivity contribution in [2.75, 3.05) is 17.6 Å². The third kappa shape index (κ3) is 2.52. The number of rotatable bonds is 2. The Balaban J connectivity index is 2.03. The third-order valence-electron chi connectivity index (χ3n) is 2.39. The molecule has 1 unspecified atom stereocenters. The number of nitrogens with one attached hydrogen (secondary N) is 2. The molecule has 1 saturated heterocycles. The fourth-order valence-corrected chi connectivity index (χ4v) is 1.67. The summed E-state index contributed by atoms with van der Waals surface area (Å²) in [6.07, 6.45) is 2.72. The Morgan fingerprint density at radius 3 is 3.12 bits per heavy atom. The Bertz CT molecular complexity index is 401. The van der Waals surface area contributed by atoms with Gasteiger partial charge in [-0.05, 0) is 18.0 Å². The molecule has 0 spiro atoms. The highest BCUT2D eigenvalue weighted by atomic mass is 35.5. The van der Waals surface area contributed by atoms with Gasteiger partial charge in [-0.25, -0.2) is 4.98 Å². The molecule has 1 aromatic heterocycles. The fourth-order valence-electron chi connectivity index (χ4n) is 1.53. The number of anilines is 2. The standard InChI is InChI=1S/C9H12ClN5O/c10-9-13-4-6(11)8(15-9)14-5-1-2-7(16)12-3-5/h4-5H,1-3,11H2,(H,12,16)(H,13,14,15). The van der Waals surface area contributed by atoms with E-state index in [1.54, 1.807) is 0 Å². The summed E-state index contributed by atoms with van der Waals surface area (Å²) in [6.45, 7) is 0.569. The van der Waals surface area contributed by atoms with Gasteiger partial charge in [0.05, 0.1) is 11.9 Å². The molecule has 6 nitrogen and oxygen atoms in total. The predicted molar refractivity (Wildman–Crippen MR) is 61.1 cm³/mol. The first-order valence-electron chi connectivity index (χ1n) is 4.96. The van der Waals surface area contributed by atoms with E-state index in [4.69, 9.17) is 17.3 Å². The third-order valence-corrected chi connectivity index (χ3v) is 2.58. The number of nitrogen functional groups attached to an aromatic ring is 1. The highest BCUT2D eigenvalue weighted by Crippen LogP contribution is 2.18. The molecule has 0 bridgehead atoms. The second-order valence-corrected chi connectivity index (χ2v) is 3.97. The number of hydrogen-bond acceptors (Lipinski definition) is 5. The molecule has 1 atom stereocenters. The molecular weight excluding hydrogens is 230 g/mol. The molecule has 0 aliphatic carbocycles. The molecule has 86 valence electrons. The molecule has 7 heteroatoms. The van der Waals surface area contributed by atoms with Crippen molar-refractivity contribution in [2.24, 2.45) is 0 Å². The molecule has 0 radical (unpaired) electrons. The van der Waals surface area contributed by atoms with Gasteiger partial charge < -0.3 is 16.4 Å². The van der Waals surface area contributed by atoms with Crippen LogP contribution in [-0.2, 0) is 4.79 Å². The van der Waals surface area contributed by atoms with Gasteiger partial charge in [0.2, 0.25) is 11.2 Å². The molecule has 1 amide bonds. The number of nitrogens with zero attached hydrogens (tertiary/aromatic N) is 2. The van der Waals surface area contributed by atoms with Crippen LogP contribution >= 0.6 is 11.6 Å². The zero-order chi connectivity index (χ0) is 11.5. The molecular formula is C9H12ClN5O. The van der Waals surface area contributed by atoms with Crippen LogP contribution in [0.1, 0.15) is 12.8 Å². The first-order valence-corrected chi connectivity index (χ1v) is 5.34. The second-order valence-electron chi connectivity index (χ2n) is 3.63. The number of carbonyl (C=O) groups is 1. The minimum absolute atomic E-state index is 0.0757. The van der Waals surface area contributed by atoms with Crippen LogP contribution in [0.25, 0.3) is 0 Å². The quantitative estimate of drug-likeness (QED) is 0.652. The van der Waals surface area contributed by atoms with Gasteiger partial charge >= 0.3 is 0 Å². The van der Waals surface area contributed by atoms with E-state index >= 15 is 0 Å². The highest BCUT2D eigenvalue weighted by Gasteiger charge is 2.18. The van der Waals surface area contributed by atoms with Crippen LogP contribution in [0.3, 0.4) is 0 Å². The van der Waals surface area contributed by atoms with E-state index in [1.165, 1.54) is 6.20 Å². The Morgan fingerprint density at radius 1 is 1.62 bits per heavy atom. The minimum Gasteiger partial charge on any atom is -0.394 e. The van der Waals surface area contributed by atoms with Gasteiger partial charge in [0, 0.05) is 19.0 Å². The summed E-state index contributed by atoms with van der Waals surface area (Å²) in [5.41, 5.74) is 6.15. The van der Waals surface area contributed by atoms with Gasteiger partial charge in [0.15, 0.2) is 5.82 Å². The van der Waals surface area contributed by atoms with Crippen molar-refractivity contribution in [1.29, 1.82) is 0 Å². The number of amides is 1. The smallest absolute Gasteiger partial charge is 0.224 e. The first kappa shape index (κ1) is 10.9. The predicted octanol–water partition coefficient (Wildman–Crippen LogP) is 0.403. The SMILES string of the molecule is Nc1cnc(Cl)nc1NC1CCC(=O)NC1. The number of piperidine rings is 1. The first-order chi connectivity index (χ1) is 7.65. The number of hydrogen-bond donors (Lipinski definition) is 3. The average molecular weight is 242 g/mol. The maximum Gasteiger partial charge on any atom is 0.224 e. The fraction of sp³-hybridized carbons (Fsp3) is 0.444. The molecule has 2 rings (SSSR count). The summed E-state index contributed by atoms with van der Waals surface area (Å²) in [4.78, 5) is 18.7. The summed E-state index contributed by atoms with van der Waals surface area (Å²) >= 11 is 5.67. The molecule has 2 heterocycles. The van der Waals surface area contributed by atoms with Crippen molar-refractivity contribution in [3.05, 3.63) is 11.5 Å². The Morgan fingerprint density at radius 2 is 2.44 bits per heavy atom. The average Bonchev–Trinajstić information content (AvgIpc) is 2.27. The Labute approximate surface area is 97.6 Å². The Hall–Kier alpha value is -1.56. The molecule has 4 N–H and O–H groups in total. The van der Waals surface area contributed by atoms with Crippen molar-refractivity contribution in [1.82, 2.24) is 15.3 Å². The molecule has 16 heavy (non-hydrogen) atoms. The normalized spacial score (nSPS) is 20.3. The van der Waals surface area contributed by atoms with Gasteiger partial charge in [0.1, 0.15) is 0 Å². The number of halogens is 1. The lowest BCUT2D eigenvalue weighted by Crippen LogP contribution is -2.42. The molecule has 0 saturated carbocycles. The van der Waals surface area contributed by atoms with E-state index in [9.17, 15) is 4.79 Å². The van der Waals surface area contributed by atoms with Gasteiger partial charge in [-0.1, -0.05) is 0 Å². The van der Waals surface area contributed by atoms with Crippen LogP contribution in [0, 0.1) is 0 Å². The maximum atomic E-state index is 11.0. The molecule has 0 aromatic carbocycles. The topological polar surface area (TPSA) is 92.9 Å². The van der Waals surface area contributed by atoms with E-state index < -0.39 is 0 Å². The lowest BCUT2D eigenvalue weighted by atomic mass is 10.1. The van der Waals surface area contributed by atoms with E-state index in [1.807, 2.05) is 0 Å². The second kappa shape index (κ2) is 4.52. The monoisotopic (exact) mass is 241 g/mol.